The van der Waals surface area contributed by atoms with E-state index in [4.69, 9.17) is 4.74 Å². The summed E-state index contributed by atoms with van der Waals surface area (Å²) in [6.45, 7) is 3.93. The Labute approximate surface area is 120 Å². The molecule has 0 bridgehead atoms. The summed E-state index contributed by atoms with van der Waals surface area (Å²) in [5.41, 5.74) is -0.818. The SMILES string of the molecule is CCN(CC1CCCO1)C(=O)CC1(C(=O)O)CCCC1. The number of aliphatic carboxylic acids is 1. The molecular weight excluding hydrogens is 258 g/mol. The molecule has 5 nitrogen and oxygen atoms in total. The Morgan fingerprint density at radius 1 is 1.30 bits per heavy atom. The maximum absolute atomic E-state index is 12.4. The molecule has 0 aromatic heterocycles. The van der Waals surface area contributed by atoms with E-state index in [2.05, 4.69) is 0 Å². The normalized spacial score (nSPS) is 24.8. The van der Waals surface area contributed by atoms with Crippen LogP contribution in [0.2, 0.25) is 0 Å². The first-order valence-corrected chi connectivity index (χ1v) is 7.70. The fourth-order valence-corrected chi connectivity index (χ4v) is 3.36. The monoisotopic (exact) mass is 283 g/mol. The second-order valence-corrected chi connectivity index (χ2v) is 6.04. The first kappa shape index (κ1) is 15.3. The zero-order valence-corrected chi connectivity index (χ0v) is 12.3. The highest BCUT2D eigenvalue weighted by Crippen LogP contribution is 2.41. The molecule has 1 aliphatic heterocycles. The van der Waals surface area contributed by atoms with Crippen molar-refractivity contribution >= 4 is 11.9 Å². The molecule has 1 saturated carbocycles. The highest BCUT2D eigenvalue weighted by molar-refractivity contribution is 5.85. The number of hydrogen-bond donors (Lipinski definition) is 1. The van der Waals surface area contributed by atoms with Gasteiger partial charge >= 0.3 is 5.97 Å². The molecule has 2 fully saturated rings. The Kier molecular flexibility index (Phi) is 5.02. The van der Waals surface area contributed by atoms with Crippen LogP contribution in [0, 0.1) is 5.41 Å². The topological polar surface area (TPSA) is 66.8 Å². The standard InChI is InChI=1S/C15H25NO4/c1-2-16(11-12-6-5-9-20-12)13(17)10-15(14(18)19)7-3-4-8-15/h12H,2-11H2,1H3,(H,18,19). The van der Waals surface area contributed by atoms with E-state index in [0.717, 1.165) is 32.3 Å². The van der Waals surface area contributed by atoms with Gasteiger partial charge in [-0.3, -0.25) is 9.59 Å². The molecule has 2 rings (SSSR count). The van der Waals surface area contributed by atoms with Gasteiger partial charge in [-0.25, -0.2) is 0 Å². The molecular formula is C15H25NO4. The fourth-order valence-electron chi connectivity index (χ4n) is 3.36. The molecule has 0 aromatic carbocycles. The Bertz CT molecular complexity index is 357. The van der Waals surface area contributed by atoms with E-state index in [0.29, 0.717) is 25.9 Å². The van der Waals surface area contributed by atoms with Gasteiger partial charge in [0, 0.05) is 26.1 Å². The number of amides is 1. The van der Waals surface area contributed by atoms with Crippen LogP contribution in [-0.4, -0.2) is 47.7 Å². The summed E-state index contributed by atoms with van der Waals surface area (Å²) >= 11 is 0. The van der Waals surface area contributed by atoms with Gasteiger partial charge in [0.2, 0.25) is 5.91 Å². The molecule has 0 spiro atoms. The number of nitrogens with zero attached hydrogens (tertiary/aromatic N) is 1. The maximum Gasteiger partial charge on any atom is 0.310 e. The van der Waals surface area contributed by atoms with Crippen LogP contribution in [-0.2, 0) is 14.3 Å². The summed E-state index contributed by atoms with van der Waals surface area (Å²) in [5.74, 6) is -0.844. The molecule has 5 heteroatoms. The lowest BCUT2D eigenvalue weighted by molar-refractivity contribution is -0.153. The lowest BCUT2D eigenvalue weighted by Gasteiger charge is -2.29. The van der Waals surface area contributed by atoms with Gasteiger partial charge in [0.05, 0.1) is 11.5 Å². The summed E-state index contributed by atoms with van der Waals surface area (Å²) in [5, 5.41) is 9.46. The molecule has 114 valence electrons. The van der Waals surface area contributed by atoms with Crippen molar-refractivity contribution in [2.45, 2.75) is 58.0 Å². The predicted molar refractivity (Wildman–Crippen MR) is 74.4 cm³/mol. The minimum atomic E-state index is -0.818. The molecule has 1 heterocycles. The van der Waals surface area contributed by atoms with E-state index in [9.17, 15) is 14.7 Å². The Hall–Kier alpha value is -1.10. The van der Waals surface area contributed by atoms with Gasteiger partial charge in [-0.1, -0.05) is 12.8 Å². The third kappa shape index (κ3) is 3.32. The zero-order chi connectivity index (χ0) is 14.6. The Morgan fingerprint density at radius 2 is 2.00 bits per heavy atom. The van der Waals surface area contributed by atoms with Gasteiger partial charge in [-0.15, -0.1) is 0 Å². The summed E-state index contributed by atoms with van der Waals surface area (Å²) in [4.78, 5) is 25.7. The molecule has 1 aliphatic carbocycles. The predicted octanol–water partition coefficient (Wildman–Crippen LogP) is 2.05. The van der Waals surface area contributed by atoms with Crippen LogP contribution in [0.15, 0.2) is 0 Å². The summed E-state index contributed by atoms with van der Waals surface area (Å²) < 4.78 is 5.57. The van der Waals surface area contributed by atoms with Crippen LogP contribution in [0.5, 0.6) is 0 Å². The van der Waals surface area contributed by atoms with Crippen LogP contribution in [0.4, 0.5) is 0 Å². The van der Waals surface area contributed by atoms with Gasteiger partial charge in [0.15, 0.2) is 0 Å². The van der Waals surface area contributed by atoms with E-state index in [-0.39, 0.29) is 18.4 Å². The van der Waals surface area contributed by atoms with Gasteiger partial charge in [-0.05, 0) is 32.6 Å². The molecule has 2 aliphatic rings. The number of rotatable bonds is 6. The average Bonchev–Trinajstić information content (AvgIpc) is 3.07. The lowest BCUT2D eigenvalue weighted by atomic mass is 9.82. The van der Waals surface area contributed by atoms with E-state index in [1.54, 1.807) is 4.90 Å². The number of carboxylic acids is 1. The van der Waals surface area contributed by atoms with Crippen LogP contribution < -0.4 is 0 Å². The van der Waals surface area contributed by atoms with Crippen LogP contribution in [0.3, 0.4) is 0 Å². The molecule has 1 saturated heterocycles. The molecule has 0 radical (unpaired) electrons. The minimum Gasteiger partial charge on any atom is -0.481 e. The number of likely N-dealkylation sites (N-methyl/N-ethyl adjacent to an activating group) is 1. The highest BCUT2D eigenvalue weighted by atomic mass is 16.5. The minimum absolute atomic E-state index is 0.0349. The quantitative estimate of drug-likeness (QED) is 0.810. The van der Waals surface area contributed by atoms with Crippen molar-refractivity contribution in [2.24, 2.45) is 5.41 Å². The van der Waals surface area contributed by atoms with Crippen LogP contribution in [0.1, 0.15) is 51.9 Å². The van der Waals surface area contributed by atoms with E-state index in [1.807, 2.05) is 6.92 Å². The summed E-state index contributed by atoms with van der Waals surface area (Å²) in [6, 6.07) is 0. The molecule has 1 atom stereocenters. The molecule has 1 amide bonds. The number of ether oxygens (including phenoxy) is 1. The van der Waals surface area contributed by atoms with Crippen molar-refractivity contribution in [3.63, 3.8) is 0 Å². The smallest absolute Gasteiger partial charge is 0.310 e. The molecule has 1 unspecified atom stereocenters. The zero-order valence-electron chi connectivity index (χ0n) is 12.3. The van der Waals surface area contributed by atoms with Crippen molar-refractivity contribution < 1.29 is 19.4 Å². The molecule has 20 heavy (non-hydrogen) atoms. The maximum atomic E-state index is 12.4. The van der Waals surface area contributed by atoms with Gasteiger partial charge in [0.25, 0.3) is 0 Å². The van der Waals surface area contributed by atoms with Crippen LogP contribution in [0.25, 0.3) is 0 Å². The molecule has 1 N–H and O–H groups in total. The Morgan fingerprint density at radius 3 is 2.50 bits per heavy atom. The highest BCUT2D eigenvalue weighted by Gasteiger charge is 2.43. The van der Waals surface area contributed by atoms with Crippen molar-refractivity contribution in [3.8, 4) is 0 Å². The third-order valence-corrected chi connectivity index (χ3v) is 4.69. The summed E-state index contributed by atoms with van der Waals surface area (Å²) in [6.07, 6.45) is 5.40. The average molecular weight is 283 g/mol. The number of carbonyl (C=O) groups excluding carboxylic acids is 1. The van der Waals surface area contributed by atoms with Crippen molar-refractivity contribution in [3.05, 3.63) is 0 Å². The second kappa shape index (κ2) is 6.57. The van der Waals surface area contributed by atoms with Crippen LogP contribution >= 0.6 is 0 Å². The van der Waals surface area contributed by atoms with E-state index < -0.39 is 11.4 Å². The van der Waals surface area contributed by atoms with E-state index >= 15 is 0 Å². The first-order valence-electron chi connectivity index (χ1n) is 7.70. The van der Waals surface area contributed by atoms with Crippen molar-refractivity contribution in [2.75, 3.05) is 19.7 Å². The third-order valence-electron chi connectivity index (χ3n) is 4.69. The van der Waals surface area contributed by atoms with Gasteiger partial charge in [0.1, 0.15) is 0 Å². The summed E-state index contributed by atoms with van der Waals surface area (Å²) in [7, 11) is 0. The van der Waals surface area contributed by atoms with Crippen molar-refractivity contribution in [1.82, 2.24) is 4.90 Å². The number of carbonyl (C=O) groups is 2. The van der Waals surface area contributed by atoms with Crippen molar-refractivity contribution in [1.29, 1.82) is 0 Å². The van der Waals surface area contributed by atoms with Gasteiger partial charge < -0.3 is 14.7 Å². The molecule has 0 aromatic rings. The Balaban J connectivity index is 1.95. The lowest BCUT2D eigenvalue weighted by Crippen LogP contribution is -2.41. The first-order chi connectivity index (χ1) is 9.57. The number of carboxylic acid groups (broad SMARTS) is 1. The largest absolute Gasteiger partial charge is 0.481 e. The van der Waals surface area contributed by atoms with Gasteiger partial charge in [-0.2, -0.15) is 0 Å². The fraction of sp³-hybridized carbons (Fsp3) is 0.867. The second-order valence-electron chi connectivity index (χ2n) is 6.04. The van der Waals surface area contributed by atoms with E-state index in [1.165, 1.54) is 0 Å². The number of hydrogen-bond acceptors (Lipinski definition) is 3.